The summed E-state index contributed by atoms with van der Waals surface area (Å²) in [5.41, 5.74) is 0.319. The molecule has 0 aliphatic heterocycles. The Balaban J connectivity index is 1.90. The van der Waals surface area contributed by atoms with Crippen molar-refractivity contribution in [1.82, 2.24) is 14.9 Å². The van der Waals surface area contributed by atoms with Crippen LogP contribution in [0.2, 0.25) is 5.02 Å². The van der Waals surface area contributed by atoms with Gasteiger partial charge in [0, 0.05) is 11.6 Å². The Bertz CT molecular complexity index is 986. The normalized spacial score (nSPS) is 11.0. The predicted molar refractivity (Wildman–Crippen MR) is 107 cm³/mol. The number of furan rings is 1. The molecule has 3 rings (SSSR count). The summed E-state index contributed by atoms with van der Waals surface area (Å²) in [7, 11) is 0. The van der Waals surface area contributed by atoms with Crippen LogP contribution < -0.4 is 10.9 Å². The molecule has 0 radical (unpaired) electrons. The molecular formula is C19H20ClN3O3S. The van der Waals surface area contributed by atoms with Gasteiger partial charge in [0.1, 0.15) is 5.76 Å². The molecule has 1 amide bonds. The van der Waals surface area contributed by atoms with Gasteiger partial charge in [0.2, 0.25) is 5.91 Å². The predicted octanol–water partition coefficient (Wildman–Crippen LogP) is 3.70. The van der Waals surface area contributed by atoms with Crippen molar-refractivity contribution in [3.8, 4) is 0 Å². The third-order valence-corrected chi connectivity index (χ3v) is 5.17. The number of aromatic nitrogens is 2. The van der Waals surface area contributed by atoms with E-state index in [2.05, 4.69) is 17.2 Å². The lowest BCUT2D eigenvalue weighted by Crippen LogP contribution is -2.27. The summed E-state index contributed by atoms with van der Waals surface area (Å²) in [6.07, 6.45) is 3.51. The maximum atomic E-state index is 13.0. The number of carbonyl (C=O) groups excluding carboxylic acids is 1. The fourth-order valence-electron chi connectivity index (χ4n) is 2.57. The van der Waals surface area contributed by atoms with Crippen LogP contribution in [0.4, 0.5) is 0 Å². The number of benzene rings is 1. The minimum Gasteiger partial charge on any atom is -0.467 e. The summed E-state index contributed by atoms with van der Waals surface area (Å²) < 4.78 is 6.90. The maximum absolute atomic E-state index is 13.0. The van der Waals surface area contributed by atoms with Gasteiger partial charge in [0.15, 0.2) is 5.16 Å². The van der Waals surface area contributed by atoms with Gasteiger partial charge < -0.3 is 9.73 Å². The zero-order chi connectivity index (χ0) is 19.2. The van der Waals surface area contributed by atoms with Crippen molar-refractivity contribution in [2.24, 2.45) is 0 Å². The van der Waals surface area contributed by atoms with E-state index in [4.69, 9.17) is 16.0 Å². The van der Waals surface area contributed by atoms with Crippen LogP contribution in [0.3, 0.4) is 0 Å². The summed E-state index contributed by atoms with van der Waals surface area (Å²) in [5.74, 6) is 0.736. The van der Waals surface area contributed by atoms with Gasteiger partial charge in [0.05, 0.1) is 29.5 Å². The molecule has 2 aromatic heterocycles. The molecule has 0 saturated heterocycles. The van der Waals surface area contributed by atoms with Crippen molar-refractivity contribution in [2.45, 2.75) is 31.5 Å². The SMILES string of the molecule is CCCCNC(=O)CSc1nc2cc(Cl)ccc2c(=O)n1Cc1ccco1. The van der Waals surface area contributed by atoms with Crippen molar-refractivity contribution in [3.05, 3.63) is 57.7 Å². The van der Waals surface area contributed by atoms with E-state index in [1.165, 1.54) is 16.3 Å². The molecule has 0 aliphatic rings. The lowest BCUT2D eigenvalue weighted by molar-refractivity contribution is -0.118. The van der Waals surface area contributed by atoms with E-state index in [0.29, 0.717) is 33.4 Å². The van der Waals surface area contributed by atoms with E-state index in [9.17, 15) is 9.59 Å². The molecule has 0 unspecified atom stereocenters. The molecule has 0 atom stereocenters. The molecule has 142 valence electrons. The standard InChI is InChI=1S/C19H20ClN3O3S/c1-2-3-8-21-17(24)12-27-19-22-16-10-13(20)6-7-15(16)18(25)23(19)11-14-5-4-9-26-14/h4-7,9-10H,2-3,8,11-12H2,1H3,(H,21,24). The van der Waals surface area contributed by atoms with Gasteiger partial charge in [-0.05, 0) is 36.8 Å². The molecule has 6 nitrogen and oxygen atoms in total. The van der Waals surface area contributed by atoms with Crippen LogP contribution in [0.15, 0.2) is 51.0 Å². The number of thioether (sulfide) groups is 1. The Morgan fingerprint density at radius 3 is 2.96 bits per heavy atom. The quantitative estimate of drug-likeness (QED) is 0.351. The number of amides is 1. The molecule has 0 bridgehead atoms. The number of fused-ring (bicyclic) bond motifs is 1. The topological polar surface area (TPSA) is 77.1 Å². The van der Waals surface area contributed by atoms with Crippen LogP contribution >= 0.6 is 23.4 Å². The molecule has 27 heavy (non-hydrogen) atoms. The summed E-state index contributed by atoms with van der Waals surface area (Å²) >= 11 is 7.27. The third kappa shape index (κ3) is 4.93. The lowest BCUT2D eigenvalue weighted by Gasteiger charge is -2.12. The first-order valence-electron chi connectivity index (χ1n) is 8.70. The van der Waals surface area contributed by atoms with Gasteiger partial charge in [-0.1, -0.05) is 36.7 Å². The minimum absolute atomic E-state index is 0.0848. The second-order valence-corrected chi connectivity index (χ2v) is 7.40. The number of hydrogen-bond donors (Lipinski definition) is 1. The van der Waals surface area contributed by atoms with Crippen molar-refractivity contribution < 1.29 is 9.21 Å². The maximum Gasteiger partial charge on any atom is 0.262 e. The molecule has 8 heteroatoms. The van der Waals surface area contributed by atoms with E-state index in [1.54, 1.807) is 36.6 Å². The van der Waals surface area contributed by atoms with Crippen LogP contribution in [-0.4, -0.2) is 27.8 Å². The number of carbonyl (C=O) groups is 1. The van der Waals surface area contributed by atoms with Crippen LogP contribution in [0, 0.1) is 0 Å². The van der Waals surface area contributed by atoms with Gasteiger partial charge in [-0.25, -0.2) is 4.98 Å². The lowest BCUT2D eigenvalue weighted by atomic mass is 10.2. The summed E-state index contributed by atoms with van der Waals surface area (Å²) in [6.45, 7) is 2.96. The Hall–Kier alpha value is -2.25. The van der Waals surface area contributed by atoms with E-state index in [1.807, 2.05) is 0 Å². The molecule has 0 fully saturated rings. The Labute approximate surface area is 165 Å². The molecule has 3 aromatic rings. The highest BCUT2D eigenvalue weighted by Crippen LogP contribution is 2.21. The van der Waals surface area contributed by atoms with E-state index >= 15 is 0 Å². The minimum atomic E-state index is -0.193. The Morgan fingerprint density at radius 2 is 2.22 bits per heavy atom. The zero-order valence-electron chi connectivity index (χ0n) is 14.9. The van der Waals surface area contributed by atoms with Crippen LogP contribution in [0.1, 0.15) is 25.5 Å². The Kier molecular flexibility index (Phi) is 6.58. The second-order valence-electron chi connectivity index (χ2n) is 6.02. The van der Waals surface area contributed by atoms with Gasteiger partial charge >= 0.3 is 0 Å². The van der Waals surface area contributed by atoms with E-state index in [-0.39, 0.29) is 23.8 Å². The van der Waals surface area contributed by atoms with Gasteiger partial charge in [-0.15, -0.1) is 0 Å². The monoisotopic (exact) mass is 405 g/mol. The smallest absolute Gasteiger partial charge is 0.262 e. The highest BCUT2D eigenvalue weighted by molar-refractivity contribution is 7.99. The number of halogens is 1. The largest absolute Gasteiger partial charge is 0.467 e. The van der Waals surface area contributed by atoms with Gasteiger partial charge in [-0.3, -0.25) is 14.2 Å². The molecule has 1 N–H and O–H groups in total. The van der Waals surface area contributed by atoms with Crippen molar-refractivity contribution in [1.29, 1.82) is 0 Å². The average molecular weight is 406 g/mol. The fourth-order valence-corrected chi connectivity index (χ4v) is 3.56. The molecule has 0 spiro atoms. The molecule has 1 aromatic carbocycles. The number of nitrogens with one attached hydrogen (secondary N) is 1. The highest BCUT2D eigenvalue weighted by Gasteiger charge is 2.15. The Morgan fingerprint density at radius 1 is 1.37 bits per heavy atom. The summed E-state index contributed by atoms with van der Waals surface area (Å²) in [5, 5.41) is 4.30. The second kappa shape index (κ2) is 9.10. The fraction of sp³-hybridized carbons (Fsp3) is 0.316. The van der Waals surface area contributed by atoms with Crippen LogP contribution in [-0.2, 0) is 11.3 Å². The first kappa shape index (κ1) is 19.5. The third-order valence-electron chi connectivity index (χ3n) is 3.96. The van der Waals surface area contributed by atoms with Crippen molar-refractivity contribution in [3.63, 3.8) is 0 Å². The first-order valence-corrected chi connectivity index (χ1v) is 10.1. The van der Waals surface area contributed by atoms with Crippen LogP contribution in [0.5, 0.6) is 0 Å². The van der Waals surface area contributed by atoms with Gasteiger partial charge in [0.25, 0.3) is 5.56 Å². The molecular weight excluding hydrogens is 386 g/mol. The first-order chi connectivity index (χ1) is 13.1. The number of rotatable bonds is 8. The van der Waals surface area contributed by atoms with E-state index < -0.39 is 0 Å². The van der Waals surface area contributed by atoms with Crippen molar-refractivity contribution >= 4 is 40.2 Å². The summed E-state index contributed by atoms with van der Waals surface area (Å²) in [4.78, 5) is 29.6. The number of unbranched alkanes of at least 4 members (excludes halogenated alkanes) is 1. The molecule has 2 heterocycles. The van der Waals surface area contributed by atoms with Crippen LogP contribution in [0.25, 0.3) is 10.9 Å². The average Bonchev–Trinajstić information content (AvgIpc) is 3.16. The molecule has 0 saturated carbocycles. The highest BCUT2D eigenvalue weighted by atomic mass is 35.5. The van der Waals surface area contributed by atoms with E-state index in [0.717, 1.165) is 12.8 Å². The zero-order valence-corrected chi connectivity index (χ0v) is 16.5. The van der Waals surface area contributed by atoms with Crippen molar-refractivity contribution in [2.75, 3.05) is 12.3 Å². The number of hydrogen-bond acceptors (Lipinski definition) is 5. The molecule has 0 aliphatic carbocycles. The summed E-state index contributed by atoms with van der Waals surface area (Å²) in [6, 6.07) is 8.55. The van der Waals surface area contributed by atoms with Gasteiger partial charge in [-0.2, -0.15) is 0 Å². The number of nitrogens with zero attached hydrogens (tertiary/aromatic N) is 2.